The van der Waals surface area contributed by atoms with Crippen LogP contribution in [0.3, 0.4) is 0 Å². The summed E-state index contributed by atoms with van der Waals surface area (Å²) in [4.78, 5) is 0. The molecule has 0 radical (unpaired) electrons. The molecule has 1 atom stereocenters. The second-order valence-corrected chi connectivity index (χ2v) is 3.57. The molecule has 0 aliphatic heterocycles. The summed E-state index contributed by atoms with van der Waals surface area (Å²) in [7, 11) is 1.87. The first-order chi connectivity index (χ1) is 6.09. The predicted octanol–water partition coefficient (Wildman–Crippen LogP) is 0.849. The van der Waals surface area contributed by atoms with Gasteiger partial charge in [0.1, 0.15) is 5.82 Å². The molecule has 1 unspecified atom stereocenters. The van der Waals surface area contributed by atoms with Gasteiger partial charge in [0.2, 0.25) is 0 Å². The Labute approximate surface area is 78.6 Å². The quantitative estimate of drug-likeness (QED) is 0.727. The van der Waals surface area contributed by atoms with Crippen molar-refractivity contribution in [2.45, 2.75) is 20.0 Å². The van der Waals surface area contributed by atoms with Crippen molar-refractivity contribution in [3.63, 3.8) is 0 Å². The molecule has 4 nitrogen and oxygen atoms in total. The molecule has 0 saturated heterocycles. The van der Waals surface area contributed by atoms with Gasteiger partial charge < -0.3 is 10.4 Å². The Balaban J connectivity index is 2.35. The minimum atomic E-state index is -0.318. The first-order valence-corrected chi connectivity index (χ1v) is 4.51. The number of hydrogen-bond acceptors (Lipinski definition) is 3. The Morgan fingerprint density at radius 2 is 2.31 bits per heavy atom. The van der Waals surface area contributed by atoms with Gasteiger partial charge in [0.25, 0.3) is 0 Å². The van der Waals surface area contributed by atoms with Crippen LogP contribution >= 0.6 is 0 Å². The van der Waals surface area contributed by atoms with Crippen molar-refractivity contribution >= 4 is 5.82 Å². The van der Waals surface area contributed by atoms with Crippen LogP contribution in [-0.4, -0.2) is 27.5 Å². The van der Waals surface area contributed by atoms with Gasteiger partial charge >= 0.3 is 0 Å². The summed E-state index contributed by atoms with van der Waals surface area (Å²) in [5.41, 5.74) is 0. The Hall–Kier alpha value is -1.03. The first-order valence-electron chi connectivity index (χ1n) is 4.51. The Morgan fingerprint density at radius 1 is 1.62 bits per heavy atom. The van der Waals surface area contributed by atoms with Gasteiger partial charge in [-0.1, -0.05) is 13.8 Å². The van der Waals surface area contributed by atoms with Crippen LogP contribution in [0.15, 0.2) is 12.3 Å². The summed E-state index contributed by atoms with van der Waals surface area (Å²) in [6.45, 7) is 4.53. The highest BCUT2D eigenvalue weighted by molar-refractivity contribution is 5.32. The van der Waals surface area contributed by atoms with Crippen LogP contribution in [0.5, 0.6) is 0 Å². The topological polar surface area (TPSA) is 50.1 Å². The molecule has 0 aliphatic carbocycles. The molecule has 1 heterocycles. The maximum atomic E-state index is 9.50. The molecule has 0 aromatic carbocycles. The lowest BCUT2D eigenvalue weighted by molar-refractivity contribution is 0.138. The zero-order valence-electron chi connectivity index (χ0n) is 8.36. The Morgan fingerprint density at radius 3 is 2.77 bits per heavy atom. The van der Waals surface area contributed by atoms with Crippen LogP contribution in [0.25, 0.3) is 0 Å². The minimum absolute atomic E-state index is 0.274. The van der Waals surface area contributed by atoms with E-state index in [2.05, 4.69) is 10.4 Å². The number of hydrogen-bond donors (Lipinski definition) is 2. The lowest BCUT2D eigenvalue weighted by atomic mass is 10.1. The fourth-order valence-corrected chi connectivity index (χ4v) is 0.954. The van der Waals surface area contributed by atoms with Crippen molar-refractivity contribution in [3.8, 4) is 0 Å². The van der Waals surface area contributed by atoms with Crippen LogP contribution in [-0.2, 0) is 7.05 Å². The molecule has 0 bridgehead atoms. The van der Waals surface area contributed by atoms with Gasteiger partial charge in [-0.2, -0.15) is 5.10 Å². The molecule has 0 aliphatic rings. The first kappa shape index (κ1) is 10.1. The SMILES string of the molecule is CC(C)C(O)CNc1ccn(C)n1. The van der Waals surface area contributed by atoms with E-state index in [-0.39, 0.29) is 12.0 Å². The highest BCUT2D eigenvalue weighted by atomic mass is 16.3. The molecule has 1 aromatic heterocycles. The minimum Gasteiger partial charge on any atom is -0.391 e. The van der Waals surface area contributed by atoms with Crippen molar-refractivity contribution in [3.05, 3.63) is 12.3 Å². The molecular formula is C9H17N3O. The molecule has 0 saturated carbocycles. The number of nitrogens with zero attached hydrogens (tertiary/aromatic N) is 2. The number of nitrogens with one attached hydrogen (secondary N) is 1. The summed E-state index contributed by atoms with van der Waals surface area (Å²) < 4.78 is 1.73. The molecule has 1 rings (SSSR count). The van der Waals surface area contributed by atoms with Crippen molar-refractivity contribution in [1.29, 1.82) is 0 Å². The van der Waals surface area contributed by atoms with E-state index in [1.165, 1.54) is 0 Å². The lowest BCUT2D eigenvalue weighted by Gasteiger charge is -2.14. The smallest absolute Gasteiger partial charge is 0.148 e. The van der Waals surface area contributed by atoms with E-state index < -0.39 is 0 Å². The number of aromatic nitrogens is 2. The van der Waals surface area contributed by atoms with Crippen LogP contribution < -0.4 is 5.32 Å². The number of rotatable bonds is 4. The largest absolute Gasteiger partial charge is 0.391 e. The maximum Gasteiger partial charge on any atom is 0.148 e. The van der Waals surface area contributed by atoms with Gasteiger partial charge in [0.05, 0.1) is 6.10 Å². The standard InChI is InChI=1S/C9H17N3O/c1-7(2)8(13)6-10-9-4-5-12(3)11-9/h4-5,7-8,13H,6H2,1-3H3,(H,10,11). The predicted molar refractivity (Wildman–Crippen MR) is 52.5 cm³/mol. The third-order valence-electron chi connectivity index (χ3n) is 1.98. The number of aliphatic hydroxyl groups is 1. The summed E-state index contributed by atoms with van der Waals surface area (Å²) in [5, 5.41) is 16.7. The van der Waals surface area contributed by atoms with E-state index >= 15 is 0 Å². The summed E-state index contributed by atoms with van der Waals surface area (Å²) in [6, 6.07) is 1.88. The van der Waals surface area contributed by atoms with E-state index in [0.29, 0.717) is 6.54 Å². The second kappa shape index (κ2) is 4.28. The van der Waals surface area contributed by atoms with E-state index in [4.69, 9.17) is 0 Å². The highest BCUT2D eigenvalue weighted by Gasteiger charge is 2.08. The lowest BCUT2D eigenvalue weighted by Crippen LogP contribution is -2.24. The highest BCUT2D eigenvalue weighted by Crippen LogP contribution is 2.04. The van der Waals surface area contributed by atoms with Crippen molar-refractivity contribution in [2.75, 3.05) is 11.9 Å². The van der Waals surface area contributed by atoms with E-state index in [1.54, 1.807) is 4.68 Å². The summed E-state index contributed by atoms with van der Waals surface area (Å²) in [6.07, 6.45) is 1.55. The second-order valence-electron chi connectivity index (χ2n) is 3.57. The van der Waals surface area contributed by atoms with Crippen molar-refractivity contribution in [2.24, 2.45) is 13.0 Å². The van der Waals surface area contributed by atoms with E-state index in [0.717, 1.165) is 5.82 Å². The van der Waals surface area contributed by atoms with Gasteiger partial charge in [-0.3, -0.25) is 4.68 Å². The Bertz CT molecular complexity index is 257. The van der Waals surface area contributed by atoms with Crippen LogP contribution in [0.1, 0.15) is 13.8 Å². The average molecular weight is 183 g/mol. The molecule has 0 amide bonds. The normalized spacial score (nSPS) is 13.3. The molecule has 74 valence electrons. The molecular weight excluding hydrogens is 166 g/mol. The van der Waals surface area contributed by atoms with Gasteiger partial charge in [-0.05, 0) is 5.92 Å². The summed E-state index contributed by atoms with van der Waals surface area (Å²) in [5.74, 6) is 1.08. The fourth-order valence-electron chi connectivity index (χ4n) is 0.954. The van der Waals surface area contributed by atoms with E-state index in [9.17, 15) is 5.11 Å². The fraction of sp³-hybridized carbons (Fsp3) is 0.667. The third kappa shape index (κ3) is 3.06. The molecule has 13 heavy (non-hydrogen) atoms. The number of aryl methyl sites for hydroxylation is 1. The van der Waals surface area contributed by atoms with Crippen LogP contribution in [0, 0.1) is 5.92 Å². The van der Waals surface area contributed by atoms with Gasteiger partial charge in [0.15, 0.2) is 0 Å². The van der Waals surface area contributed by atoms with Crippen molar-refractivity contribution in [1.82, 2.24) is 9.78 Å². The molecule has 0 fully saturated rings. The zero-order valence-corrected chi connectivity index (χ0v) is 8.36. The monoisotopic (exact) mass is 183 g/mol. The molecule has 2 N–H and O–H groups in total. The number of anilines is 1. The number of aliphatic hydroxyl groups excluding tert-OH is 1. The van der Waals surface area contributed by atoms with E-state index in [1.807, 2.05) is 33.2 Å². The van der Waals surface area contributed by atoms with Crippen molar-refractivity contribution < 1.29 is 5.11 Å². The van der Waals surface area contributed by atoms with Crippen LogP contribution in [0.2, 0.25) is 0 Å². The average Bonchev–Trinajstić information content (AvgIpc) is 2.47. The zero-order chi connectivity index (χ0) is 9.84. The maximum absolute atomic E-state index is 9.50. The van der Waals surface area contributed by atoms with Gasteiger partial charge in [0, 0.05) is 25.9 Å². The van der Waals surface area contributed by atoms with Gasteiger partial charge in [-0.25, -0.2) is 0 Å². The molecule has 0 spiro atoms. The molecule has 1 aromatic rings. The third-order valence-corrected chi connectivity index (χ3v) is 1.98. The summed E-state index contributed by atoms with van der Waals surface area (Å²) >= 11 is 0. The van der Waals surface area contributed by atoms with Crippen LogP contribution in [0.4, 0.5) is 5.82 Å². The van der Waals surface area contributed by atoms with Gasteiger partial charge in [-0.15, -0.1) is 0 Å². The molecule has 4 heteroatoms. The Kier molecular flexibility index (Phi) is 3.31.